The maximum Gasteiger partial charge on any atom is 0.0446 e. The molecule has 2 rings (SSSR count). The first-order valence-electron chi connectivity index (χ1n) is 7.48. The van der Waals surface area contributed by atoms with Crippen LogP contribution in [0.25, 0.3) is 6.08 Å². The molecule has 0 radical (unpaired) electrons. The van der Waals surface area contributed by atoms with E-state index in [1.165, 1.54) is 43.2 Å². The van der Waals surface area contributed by atoms with E-state index in [0.717, 1.165) is 18.1 Å². The summed E-state index contributed by atoms with van der Waals surface area (Å²) in [4.78, 5) is 0. The fourth-order valence-electron chi connectivity index (χ4n) is 2.81. The molecule has 104 valence electrons. The van der Waals surface area contributed by atoms with E-state index in [1.54, 1.807) is 0 Å². The molecule has 1 aromatic rings. The second-order valence-electron chi connectivity index (χ2n) is 5.33. The Morgan fingerprint density at radius 2 is 2.05 bits per heavy atom. The van der Waals surface area contributed by atoms with Crippen LogP contribution in [0, 0.1) is 0 Å². The summed E-state index contributed by atoms with van der Waals surface area (Å²) in [6, 6.07) is 6.53. The van der Waals surface area contributed by atoms with Gasteiger partial charge < -0.3 is 5.32 Å². The molecule has 0 amide bonds. The van der Waals surface area contributed by atoms with Crippen LogP contribution in [0.4, 0.5) is 0 Å². The minimum absolute atomic E-state index is 0.682. The molecule has 1 aliphatic carbocycles. The van der Waals surface area contributed by atoms with E-state index >= 15 is 0 Å². The first-order chi connectivity index (χ1) is 9.31. The van der Waals surface area contributed by atoms with Crippen LogP contribution >= 0.6 is 11.6 Å². The highest BCUT2D eigenvalue weighted by Crippen LogP contribution is 2.36. The average Bonchev–Trinajstić information content (AvgIpc) is 2.45. The highest BCUT2D eigenvalue weighted by molar-refractivity contribution is 6.31. The Kier molecular flexibility index (Phi) is 5.93. The summed E-state index contributed by atoms with van der Waals surface area (Å²) >= 11 is 6.45. The first-order valence-corrected chi connectivity index (χ1v) is 7.85. The monoisotopic (exact) mass is 277 g/mol. The SMILES string of the molecule is CCNCC=Cc1ccc(C2CCCCC2)c(Cl)c1. The van der Waals surface area contributed by atoms with Crippen molar-refractivity contribution < 1.29 is 0 Å². The van der Waals surface area contributed by atoms with Crippen molar-refractivity contribution in [2.24, 2.45) is 0 Å². The molecular weight excluding hydrogens is 254 g/mol. The zero-order valence-corrected chi connectivity index (χ0v) is 12.5. The number of nitrogens with one attached hydrogen (secondary N) is 1. The number of rotatable bonds is 5. The van der Waals surface area contributed by atoms with Crippen LogP contribution in [0.2, 0.25) is 5.02 Å². The number of benzene rings is 1. The summed E-state index contributed by atoms with van der Waals surface area (Å²) in [5.41, 5.74) is 2.55. The molecule has 0 unspecified atom stereocenters. The van der Waals surface area contributed by atoms with Gasteiger partial charge in [0.05, 0.1) is 0 Å². The lowest BCUT2D eigenvalue weighted by atomic mass is 9.84. The maximum atomic E-state index is 6.45. The van der Waals surface area contributed by atoms with Crippen molar-refractivity contribution in [3.8, 4) is 0 Å². The topological polar surface area (TPSA) is 12.0 Å². The van der Waals surface area contributed by atoms with Crippen molar-refractivity contribution in [3.63, 3.8) is 0 Å². The van der Waals surface area contributed by atoms with Crippen molar-refractivity contribution in [1.29, 1.82) is 0 Å². The van der Waals surface area contributed by atoms with Gasteiger partial charge in [-0.15, -0.1) is 0 Å². The minimum atomic E-state index is 0.682. The highest BCUT2D eigenvalue weighted by atomic mass is 35.5. The Labute approximate surface area is 122 Å². The predicted molar refractivity (Wildman–Crippen MR) is 84.9 cm³/mol. The molecule has 19 heavy (non-hydrogen) atoms. The van der Waals surface area contributed by atoms with Crippen molar-refractivity contribution in [2.75, 3.05) is 13.1 Å². The number of likely N-dealkylation sites (N-methyl/N-ethyl adjacent to an activating group) is 1. The molecule has 1 fully saturated rings. The zero-order chi connectivity index (χ0) is 13.5. The van der Waals surface area contributed by atoms with E-state index in [9.17, 15) is 0 Å². The predicted octanol–water partition coefficient (Wildman–Crippen LogP) is 5.01. The molecule has 1 aromatic carbocycles. The lowest BCUT2D eigenvalue weighted by molar-refractivity contribution is 0.444. The van der Waals surface area contributed by atoms with Crippen LogP contribution in [0.3, 0.4) is 0 Å². The van der Waals surface area contributed by atoms with Gasteiger partial charge in [-0.3, -0.25) is 0 Å². The standard InChI is InChI=1S/C17H24ClN/c1-2-19-12-6-7-14-10-11-16(17(18)13-14)15-8-4-3-5-9-15/h6-7,10-11,13,15,19H,2-5,8-9,12H2,1H3. The highest BCUT2D eigenvalue weighted by Gasteiger charge is 2.17. The molecule has 1 aliphatic rings. The third kappa shape index (κ3) is 4.36. The Morgan fingerprint density at radius 3 is 2.74 bits per heavy atom. The van der Waals surface area contributed by atoms with E-state index in [0.29, 0.717) is 5.92 Å². The molecule has 1 N–H and O–H groups in total. The number of hydrogen-bond donors (Lipinski definition) is 1. The second-order valence-corrected chi connectivity index (χ2v) is 5.73. The van der Waals surface area contributed by atoms with Crippen LogP contribution in [0.5, 0.6) is 0 Å². The van der Waals surface area contributed by atoms with Crippen molar-refractivity contribution in [2.45, 2.75) is 44.9 Å². The van der Waals surface area contributed by atoms with Gasteiger partial charge in [-0.05, 0) is 42.5 Å². The van der Waals surface area contributed by atoms with Crippen LogP contribution in [0.15, 0.2) is 24.3 Å². The van der Waals surface area contributed by atoms with Gasteiger partial charge in [0.1, 0.15) is 0 Å². The molecule has 0 spiro atoms. The molecule has 0 aromatic heterocycles. The fourth-order valence-corrected chi connectivity index (χ4v) is 3.16. The lowest BCUT2D eigenvalue weighted by Crippen LogP contribution is -2.11. The summed E-state index contributed by atoms with van der Waals surface area (Å²) in [6.45, 7) is 4.04. The summed E-state index contributed by atoms with van der Waals surface area (Å²) in [6.07, 6.45) is 11.0. The van der Waals surface area contributed by atoms with Gasteiger partial charge in [0.2, 0.25) is 0 Å². The van der Waals surface area contributed by atoms with E-state index in [1.807, 2.05) is 0 Å². The molecule has 0 bridgehead atoms. The van der Waals surface area contributed by atoms with E-state index < -0.39 is 0 Å². The van der Waals surface area contributed by atoms with Crippen molar-refractivity contribution in [3.05, 3.63) is 40.4 Å². The number of halogens is 1. The maximum absolute atomic E-state index is 6.45. The average molecular weight is 278 g/mol. The minimum Gasteiger partial charge on any atom is -0.314 e. The van der Waals surface area contributed by atoms with Gasteiger partial charge >= 0.3 is 0 Å². The van der Waals surface area contributed by atoms with Crippen molar-refractivity contribution in [1.82, 2.24) is 5.32 Å². The fraction of sp³-hybridized carbons (Fsp3) is 0.529. The number of hydrogen-bond acceptors (Lipinski definition) is 1. The smallest absolute Gasteiger partial charge is 0.0446 e. The molecular formula is C17H24ClN. The van der Waals surface area contributed by atoms with Gasteiger partial charge in [0, 0.05) is 11.6 Å². The van der Waals surface area contributed by atoms with E-state index in [2.05, 4.69) is 42.6 Å². The summed E-state index contributed by atoms with van der Waals surface area (Å²) in [5, 5.41) is 4.22. The Hall–Kier alpha value is -0.790. The zero-order valence-electron chi connectivity index (χ0n) is 11.8. The third-order valence-corrected chi connectivity index (χ3v) is 4.22. The quantitative estimate of drug-likeness (QED) is 0.746. The van der Waals surface area contributed by atoms with E-state index in [-0.39, 0.29) is 0 Å². The van der Waals surface area contributed by atoms with Crippen LogP contribution in [-0.2, 0) is 0 Å². The molecule has 0 aliphatic heterocycles. The third-order valence-electron chi connectivity index (χ3n) is 3.89. The van der Waals surface area contributed by atoms with Crippen LogP contribution < -0.4 is 5.32 Å². The first kappa shape index (κ1) is 14.6. The van der Waals surface area contributed by atoms with Gasteiger partial charge in [0.25, 0.3) is 0 Å². The van der Waals surface area contributed by atoms with Crippen LogP contribution in [-0.4, -0.2) is 13.1 Å². The van der Waals surface area contributed by atoms with Gasteiger partial charge in [-0.1, -0.05) is 62.1 Å². The van der Waals surface area contributed by atoms with Crippen LogP contribution in [0.1, 0.15) is 56.1 Å². The van der Waals surface area contributed by atoms with Crippen molar-refractivity contribution >= 4 is 17.7 Å². The normalized spacial score (nSPS) is 17.2. The molecule has 0 heterocycles. The molecule has 1 saturated carbocycles. The Balaban J connectivity index is 2.01. The lowest BCUT2D eigenvalue weighted by Gasteiger charge is -2.23. The van der Waals surface area contributed by atoms with Gasteiger partial charge in [-0.2, -0.15) is 0 Å². The summed E-state index contributed by atoms with van der Waals surface area (Å²) in [5.74, 6) is 0.682. The summed E-state index contributed by atoms with van der Waals surface area (Å²) < 4.78 is 0. The van der Waals surface area contributed by atoms with Gasteiger partial charge in [-0.25, -0.2) is 0 Å². The van der Waals surface area contributed by atoms with Gasteiger partial charge in [0.15, 0.2) is 0 Å². The second kappa shape index (κ2) is 7.72. The molecule has 2 heteroatoms. The Morgan fingerprint density at radius 1 is 1.26 bits per heavy atom. The molecule has 0 saturated heterocycles. The molecule has 1 nitrogen and oxygen atoms in total. The largest absolute Gasteiger partial charge is 0.314 e. The molecule has 0 atom stereocenters. The van der Waals surface area contributed by atoms with E-state index in [4.69, 9.17) is 11.6 Å². The Bertz CT molecular complexity index is 419. The summed E-state index contributed by atoms with van der Waals surface area (Å²) in [7, 11) is 0.